The van der Waals surface area contributed by atoms with Crippen LogP contribution in [-0.2, 0) is 14.3 Å². The van der Waals surface area contributed by atoms with Crippen LogP contribution in [0.3, 0.4) is 0 Å². The van der Waals surface area contributed by atoms with Gasteiger partial charge >= 0.3 is 12.1 Å². The van der Waals surface area contributed by atoms with Crippen LogP contribution in [0.2, 0.25) is 0 Å². The molecular weight excluding hydrogens is 438 g/mol. The SMILES string of the molecule is COC(CNC(=O)c1ccc(NC(=O)OCC2c3ccccc3-c3ccccc32)cn1)C(=O)O. The number of aliphatic carboxylic acids is 1. The fraction of sp³-hybridized carbons (Fsp3) is 0.200. The molecule has 3 N–H and O–H groups in total. The van der Waals surface area contributed by atoms with Gasteiger partial charge in [-0.2, -0.15) is 0 Å². The smallest absolute Gasteiger partial charge is 0.411 e. The van der Waals surface area contributed by atoms with Crippen molar-refractivity contribution >= 4 is 23.7 Å². The number of carbonyl (C=O) groups is 3. The molecular formula is C25H23N3O6. The van der Waals surface area contributed by atoms with Crippen LogP contribution in [-0.4, -0.2) is 54.4 Å². The van der Waals surface area contributed by atoms with Crippen LogP contribution >= 0.6 is 0 Å². The van der Waals surface area contributed by atoms with Gasteiger partial charge in [0.15, 0.2) is 6.10 Å². The monoisotopic (exact) mass is 461 g/mol. The molecule has 34 heavy (non-hydrogen) atoms. The summed E-state index contributed by atoms with van der Waals surface area (Å²) in [7, 11) is 1.24. The third-order valence-corrected chi connectivity index (χ3v) is 5.59. The summed E-state index contributed by atoms with van der Waals surface area (Å²) in [4.78, 5) is 39.5. The molecule has 9 heteroatoms. The number of nitrogens with zero attached hydrogens (tertiary/aromatic N) is 1. The van der Waals surface area contributed by atoms with Gasteiger partial charge in [-0.15, -0.1) is 0 Å². The Labute approximate surface area is 195 Å². The van der Waals surface area contributed by atoms with Crippen molar-refractivity contribution < 1.29 is 29.0 Å². The number of fused-ring (bicyclic) bond motifs is 3. The van der Waals surface area contributed by atoms with E-state index in [4.69, 9.17) is 14.6 Å². The number of carbonyl (C=O) groups excluding carboxylic acids is 2. The first-order valence-corrected chi connectivity index (χ1v) is 10.6. The van der Waals surface area contributed by atoms with Gasteiger partial charge in [-0.1, -0.05) is 48.5 Å². The Hall–Kier alpha value is -4.24. The third-order valence-electron chi connectivity index (χ3n) is 5.59. The normalized spacial score (nSPS) is 12.9. The van der Waals surface area contributed by atoms with Crippen molar-refractivity contribution in [1.82, 2.24) is 10.3 Å². The number of amides is 2. The maximum Gasteiger partial charge on any atom is 0.411 e. The summed E-state index contributed by atoms with van der Waals surface area (Å²) >= 11 is 0. The lowest BCUT2D eigenvalue weighted by Gasteiger charge is -2.14. The number of anilines is 1. The quantitative estimate of drug-likeness (QED) is 0.470. The van der Waals surface area contributed by atoms with Gasteiger partial charge in [-0.05, 0) is 34.4 Å². The molecule has 9 nitrogen and oxygen atoms in total. The zero-order chi connectivity index (χ0) is 24.1. The van der Waals surface area contributed by atoms with Gasteiger partial charge in [0.05, 0.1) is 18.4 Å². The van der Waals surface area contributed by atoms with Crippen molar-refractivity contribution in [1.29, 1.82) is 0 Å². The number of pyridine rings is 1. The molecule has 3 aromatic rings. The summed E-state index contributed by atoms with van der Waals surface area (Å²) in [5, 5.41) is 14.0. The number of hydrogen-bond acceptors (Lipinski definition) is 6. The van der Waals surface area contributed by atoms with Gasteiger partial charge in [-0.25, -0.2) is 14.6 Å². The van der Waals surface area contributed by atoms with E-state index in [1.54, 1.807) is 0 Å². The van der Waals surface area contributed by atoms with Crippen LogP contribution in [0, 0.1) is 0 Å². The minimum atomic E-state index is -1.18. The van der Waals surface area contributed by atoms with Crippen LogP contribution in [0.1, 0.15) is 27.5 Å². The number of methoxy groups -OCH3 is 1. The molecule has 1 heterocycles. The molecule has 174 valence electrons. The van der Waals surface area contributed by atoms with Gasteiger partial charge in [-0.3, -0.25) is 10.1 Å². The van der Waals surface area contributed by atoms with Crippen LogP contribution in [0.4, 0.5) is 10.5 Å². The van der Waals surface area contributed by atoms with Gasteiger partial charge in [0.1, 0.15) is 12.3 Å². The van der Waals surface area contributed by atoms with Crippen molar-refractivity contribution in [3.63, 3.8) is 0 Å². The molecule has 0 saturated heterocycles. The highest BCUT2D eigenvalue weighted by molar-refractivity contribution is 5.93. The Morgan fingerprint density at radius 1 is 1.00 bits per heavy atom. The van der Waals surface area contributed by atoms with E-state index >= 15 is 0 Å². The Balaban J connectivity index is 1.33. The Morgan fingerprint density at radius 3 is 2.21 bits per heavy atom. The van der Waals surface area contributed by atoms with E-state index in [-0.39, 0.29) is 24.8 Å². The topological polar surface area (TPSA) is 127 Å². The Bertz CT molecular complexity index is 1170. The maximum atomic E-state index is 12.4. The van der Waals surface area contributed by atoms with Gasteiger partial charge in [0.2, 0.25) is 0 Å². The van der Waals surface area contributed by atoms with Crippen molar-refractivity contribution in [2.75, 3.05) is 25.6 Å². The average Bonchev–Trinajstić information content (AvgIpc) is 3.17. The van der Waals surface area contributed by atoms with Crippen LogP contribution < -0.4 is 10.6 Å². The molecule has 1 atom stereocenters. The van der Waals surface area contributed by atoms with E-state index in [1.807, 2.05) is 36.4 Å². The summed E-state index contributed by atoms with van der Waals surface area (Å²) < 4.78 is 10.3. The highest BCUT2D eigenvalue weighted by Gasteiger charge is 2.29. The second-order valence-electron chi connectivity index (χ2n) is 7.66. The summed E-state index contributed by atoms with van der Waals surface area (Å²) in [6, 6.07) is 19.1. The number of hydrogen-bond donors (Lipinski definition) is 3. The average molecular weight is 461 g/mol. The lowest BCUT2D eigenvalue weighted by atomic mass is 9.98. The van der Waals surface area contributed by atoms with Gasteiger partial charge < -0.3 is 19.9 Å². The molecule has 0 radical (unpaired) electrons. The van der Waals surface area contributed by atoms with E-state index in [9.17, 15) is 14.4 Å². The number of carboxylic acids is 1. The second kappa shape index (κ2) is 10.1. The van der Waals surface area contributed by atoms with Crippen molar-refractivity contribution in [3.8, 4) is 11.1 Å². The Kier molecular flexibility index (Phi) is 6.84. The standard InChI is InChI=1S/C25H23N3O6/c1-33-22(24(30)31)13-27-23(29)21-11-10-15(12-26-21)28-25(32)34-14-20-18-8-4-2-6-16(18)17-7-3-5-9-19(17)20/h2-12,20,22H,13-14H2,1H3,(H,27,29)(H,28,32)(H,30,31). The molecule has 2 aromatic carbocycles. The Morgan fingerprint density at radius 2 is 1.65 bits per heavy atom. The molecule has 0 saturated carbocycles. The largest absolute Gasteiger partial charge is 0.479 e. The maximum absolute atomic E-state index is 12.4. The minimum Gasteiger partial charge on any atom is -0.479 e. The lowest BCUT2D eigenvalue weighted by molar-refractivity contribution is -0.148. The molecule has 0 fully saturated rings. The predicted molar refractivity (Wildman–Crippen MR) is 124 cm³/mol. The van der Waals surface area contributed by atoms with E-state index in [2.05, 4.69) is 27.8 Å². The zero-order valence-electron chi connectivity index (χ0n) is 18.4. The first-order valence-electron chi connectivity index (χ1n) is 10.6. The first kappa shape index (κ1) is 22.9. The minimum absolute atomic E-state index is 0.0518. The van der Waals surface area contributed by atoms with Crippen LogP contribution in [0.25, 0.3) is 11.1 Å². The molecule has 4 rings (SSSR count). The van der Waals surface area contributed by atoms with E-state index in [1.165, 1.54) is 25.4 Å². The summed E-state index contributed by atoms with van der Waals surface area (Å²) in [6.07, 6.45) is -0.467. The molecule has 1 aliphatic carbocycles. The molecule has 1 unspecified atom stereocenters. The summed E-state index contributed by atoms with van der Waals surface area (Å²) in [6.45, 7) is -0.0237. The number of rotatable bonds is 8. The van der Waals surface area contributed by atoms with Crippen molar-refractivity contribution in [2.45, 2.75) is 12.0 Å². The summed E-state index contributed by atoms with van der Waals surface area (Å²) in [5.41, 5.74) is 4.95. The van der Waals surface area contributed by atoms with Crippen LogP contribution in [0.15, 0.2) is 66.9 Å². The molecule has 1 aromatic heterocycles. The lowest BCUT2D eigenvalue weighted by Crippen LogP contribution is -2.38. The molecule has 0 spiro atoms. The summed E-state index contributed by atoms with van der Waals surface area (Å²) in [5.74, 6) is -1.79. The number of carboxylic acid groups (broad SMARTS) is 1. The third kappa shape index (κ3) is 4.89. The molecule has 1 aliphatic rings. The number of ether oxygens (including phenoxy) is 2. The van der Waals surface area contributed by atoms with Crippen molar-refractivity contribution in [2.24, 2.45) is 0 Å². The van der Waals surface area contributed by atoms with Crippen molar-refractivity contribution in [3.05, 3.63) is 83.7 Å². The fourth-order valence-electron chi connectivity index (χ4n) is 3.90. The number of nitrogens with one attached hydrogen (secondary N) is 2. The highest BCUT2D eigenvalue weighted by Crippen LogP contribution is 2.44. The second-order valence-corrected chi connectivity index (χ2v) is 7.66. The first-order chi connectivity index (χ1) is 16.5. The molecule has 0 bridgehead atoms. The van der Waals surface area contributed by atoms with Gasteiger partial charge in [0.25, 0.3) is 5.91 Å². The van der Waals surface area contributed by atoms with Crippen LogP contribution in [0.5, 0.6) is 0 Å². The molecule has 0 aliphatic heterocycles. The predicted octanol–water partition coefficient (Wildman–Crippen LogP) is 3.27. The number of aromatic nitrogens is 1. The van der Waals surface area contributed by atoms with E-state index < -0.39 is 24.1 Å². The highest BCUT2D eigenvalue weighted by atomic mass is 16.5. The molecule has 2 amide bonds. The fourth-order valence-corrected chi connectivity index (χ4v) is 3.90. The van der Waals surface area contributed by atoms with E-state index in [0.29, 0.717) is 5.69 Å². The van der Waals surface area contributed by atoms with Gasteiger partial charge in [0, 0.05) is 13.0 Å². The zero-order valence-corrected chi connectivity index (χ0v) is 18.4. The van der Waals surface area contributed by atoms with E-state index in [0.717, 1.165) is 22.3 Å². The number of benzene rings is 2.